The molecule has 1 aromatic heterocycles. The van der Waals surface area contributed by atoms with Crippen LogP contribution in [0.15, 0.2) is 30.3 Å². The molecule has 0 radical (unpaired) electrons. The number of hydrogen-bond donors (Lipinski definition) is 2. The van der Waals surface area contributed by atoms with E-state index in [2.05, 4.69) is 5.32 Å². The van der Waals surface area contributed by atoms with Gasteiger partial charge in [0.15, 0.2) is 0 Å². The van der Waals surface area contributed by atoms with Gasteiger partial charge in [-0.05, 0) is 92.4 Å². The van der Waals surface area contributed by atoms with E-state index in [-0.39, 0.29) is 23.4 Å². The lowest BCUT2D eigenvalue weighted by Crippen LogP contribution is -2.61. The topological polar surface area (TPSA) is 71.3 Å². The van der Waals surface area contributed by atoms with Crippen LogP contribution in [0.3, 0.4) is 0 Å². The van der Waals surface area contributed by atoms with Gasteiger partial charge in [-0.15, -0.1) is 0 Å². The van der Waals surface area contributed by atoms with Crippen molar-refractivity contribution in [2.75, 3.05) is 0 Å². The van der Waals surface area contributed by atoms with E-state index in [1.807, 2.05) is 0 Å². The molecule has 2 aromatic rings. The summed E-state index contributed by atoms with van der Waals surface area (Å²) in [5.41, 5.74) is 1.26. The van der Waals surface area contributed by atoms with Crippen LogP contribution in [0, 0.1) is 23.6 Å². The summed E-state index contributed by atoms with van der Waals surface area (Å²) < 4.78 is 15.9. The largest absolute Gasteiger partial charge is 0.390 e. The molecule has 6 heteroatoms. The van der Waals surface area contributed by atoms with E-state index >= 15 is 0 Å². The first kappa shape index (κ1) is 20.2. The second-order valence-electron chi connectivity index (χ2n) is 10.7. The number of halogens is 1. The number of hydrogen-bond acceptors (Lipinski definition) is 3. The average molecular weight is 437 g/mol. The van der Waals surface area contributed by atoms with Crippen molar-refractivity contribution in [1.29, 1.82) is 0 Å². The SMILES string of the molecule is Cn1c(C(=O)c2ccccc2F)cc(C2CC2)c1C(=O)NC1C2CC3CC1CC(O)(C3)C2. The van der Waals surface area contributed by atoms with Crippen molar-refractivity contribution in [3.05, 3.63) is 58.7 Å². The van der Waals surface area contributed by atoms with Crippen LogP contribution in [0.1, 0.15) is 83.0 Å². The highest BCUT2D eigenvalue weighted by Gasteiger charge is 2.55. The molecule has 5 fully saturated rings. The Morgan fingerprint density at radius 2 is 1.81 bits per heavy atom. The quantitative estimate of drug-likeness (QED) is 0.698. The predicted molar refractivity (Wildman–Crippen MR) is 117 cm³/mol. The van der Waals surface area contributed by atoms with Crippen LogP contribution >= 0.6 is 0 Å². The van der Waals surface area contributed by atoms with Crippen LogP contribution in [0.25, 0.3) is 0 Å². The summed E-state index contributed by atoms with van der Waals surface area (Å²) in [6.45, 7) is 0. The number of carbonyl (C=O) groups is 2. The van der Waals surface area contributed by atoms with E-state index < -0.39 is 17.2 Å². The molecule has 1 amide bonds. The lowest BCUT2D eigenvalue weighted by Gasteiger charge is -2.58. The summed E-state index contributed by atoms with van der Waals surface area (Å²) in [5.74, 6) is 0.397. The van der Waals surface area contributed by atoms with Gasteiger partial charge < -0.3 is 15.0 Å². The van der Waals surface area contributed by atoms with E-state index in [1.165, 1.54) is 12.1 Å². The van der Waals surface area contributed by atoms with Gasteiger partial charge in [0.2, 0.25) is 5.78 Å². The molecule has 5 nitrogen and oxygen atoms in total. The van der Waals surface area contributed by atoms with Gasteiger partial charge in [-0.25, -0.2) is 4.39 Å². The molecule has 0 saturated heterocycles. The molecule has 2 N–H and O–H groups in total. The van der Waals surface area contributed by atoms with Gasteiger partial charge in [0.05, 0.1) is 16.9 Å². The Hall–Kier alpha value is -2.47. The minimum absolute atomic E-state index is 0.0247. The van der Waals surface area contributed by atoms with Crippen LogP contribution < -0.4 is 5.32 Å². The molecule has 2 atom stereocenters. The van der Waals surface area contributed by atoms with Crippen molar-refractivity contribution in [3.8, 4) is 0 Å². The molecule has 5 saturated carbocycles. The highest BCUT2D eigenvalue weighted by atomic mass is 19.1. The van der Waals surface area contributed by atoms with E-state index in [9.17, 15) is 19.1 Å². The Balaban J connectivity index is 1.31. The third-order valence-electron chi connectivity index (χ3n) is 8.38. The van der Waals surface area contributed by atoms with Gasteiger partial charge in [-0.1, -0.05) is 12.1 Å². The molecular formula is C26H29FN2O3. The Morgan fingerprint density at radius 3 is 2.44 bits per heavy atom. The molecule has 0 aliphatic heterocycles. The van der Waals surface area contributed by atoms with Gasteiger partial charge in [0.1, 0.15) is 11.5 Å². The number of benzene rings is 1. The number of carbonyl (C=O) groups excluding carboxylic acids is 2. The second-order valence-corrected chi connectivity index (χ2v) is 10.7. The van der Waals surface area contributed by atoms with Crippen LogP contribution in [0.2, 0.25) is 0 Å². The number of nitrogens with zero attached hydrogens (tertiary/aromatic N) is 1. The minimum Gasteiger partial charge on any atom is -0.390 e. The highest BCUT2D eigenvalue weighted by molar-refractivity contribution is 6.09. The molecule has 5 aliphatic carbocycles. The van der Waals surface area contributed by atoms with Crippen molar-refractivity contribution in [3.63, 3.8) is 0 Å². The second kappa shape index (κ2) is 7.01. The van der Waals surface area contributed by atoms with E-state index in [0.29, 0.717) is 29.1 Å². The number of aromatic nitrogens is 1. The first-order chi connectivity index (χ1) is 15.3. The van der Waals surface area contributed by atoms with Gasteiger partial charge >= 0.3 is 0 Å². The lowest BCUT2D eigenvalue weighted by atomic mass is 9.52. The van der Waals surface area contributed by atoms with Crippen molar-refractivity contribution < 1.29 is 19.1 Å². The van der Waals surface area contributed by atoms with E-state index in [4.69, 9.17) is 0 Å². The zero-order valence-electron chi connectivity index (χ0n) is 18.3. The van der Waals surface area contributed by atoms with Crippen molar-refractivity contribution >= 4 is 11.7 Å². The average Bonchev–Trinajstić information content (AvgIpc) is 3.52. The Morgan fingerprint density at radius 1 is 1.12 bits per heavy atom. The van der Waals surface area contributed by atoms with Gasteiger partial charge in [-0.2, -0.15) is 0 Å². The summed E-state index contributed by atoms with van der Waals surface area (Å²) >= 11 is 0. The summed E-state index contributed by atoms with van der Waals surface area (Å²) in [4.78, 5) is 26.7. The molecule has 2 unspecified atom stereocenters. The molecular weight excluding hydrogens is 407 g/mol. The third kappa shape index (κ3) is 3.14. The Bertz CT molecular complexity index is 1100. The number of rotatable bonds is 5. The first-order valence-corrected chi connectivity index (χ1v) is 11.8. The van der Waals surface area contributed by atoms with Crippen LogP contribution in [-0.2, 0) is 7.05 Å². The smallest absolute Gasteiger partial charge is 0.268 e. The third-order valence-corrected chi connectivity index (χ3v) is 8.38. The highest BCUT2D eigenvalue weighted by Crippen LogP contribution is 2.55. The first-order valence-electron chi connectivity index (χ1n) is 11.8. The summed E-state index contributed by atoms with van der Waals surface area (Å²) in [6.07, 6.45) is 6.59. The molecule has 4 bridgehead atoms. The lowest BCUT2D eigenvalue weighted by molar-refractivity contribution is -0.137. The summed E-state index contributed by atoms with van der Waals surface area (Å²) in [6, 6.07) is 7.85. The molecule has 5 aliphatic rings. The van der Waals surface area contributed by atoms with Crippen molar-refractivity contribution in [2.45, 2.75) is 62.5 Å². The molecule has 32 heavy (non-hydrogen) atoms. The van der Waals surface area contributed by atoms with Crippen LogP contribution in [0.5, 0.6) is 0 Å². The summed E-state index contributed by atoms with van der Waals surface area (Å²) in [7, 11) is 1.73. The maximum absolute atomic E-state index is 14.3. The van der Waals surface area contributed by atoms with Crippen molar-refractivity contribution in [2.24, 2.45) is 24.8 Å². The fraction of sp³-hybridized carbons (Fsp3) is 0.538. The standard InChI is InChI=1S/C26H29FN2O3/c1-29-21(24(30)18-4-2-3-5-20(18)27)10-19(15-6-7-15)23(29)25(31)28-22-16-8-14-9-17(22)13-26(32,11-14)12-16/h2-5,10,14-17,22,32H,6-9,11-13H2,1H3,(H,28,31). The van der Waals surface area contributed by atoms with Gasteiger partial charge in [0, 0.05) is 13.1 Å². The fourth-order valence-corrected chi connectivity index (χ4v) is 7.05. The predicted octanol–water partition coefficient (Wildman–Crippen LogP) is 3.94. The Labute approximate surface area is 187 Å². The fourth-order valence-electron chi connectivity index (χ4n) is 7.05. The molecule has 7 rings (SSSR count). The van der Waals surface area contributed by atoms with E-state index in [1.54, 1.807) is 29.8 Å². The molecule has 1 heterocycles. The summed E-state index contributed by atoms with van der Waals surface area (Å²) in [5, 5.41) is 14.2. The Kier molecular flexibility index (Phi) is 4.42. The number of ketones is 1. The van der Waals surface area contributed by atoms with Gasteiger partial charge in [0.25, 0.3) is 5.91 Å². The maximum Gasteiger partial charge on any atom is 0.268 e. The van der Waals surface area contributed by atoms with Crippen LogP contribution in [-0.4, -0.2) is 33.0 Å². The normalized spacial score (nSPS) is 32.8. The van der Waals surface area contributed by atoms with E-state index in [0.717, 1.165) is 50.5 Å². The van der Waals surface area contributed by atoms with Crippen LogP contribution in [0.4, 0.5) is 4.39 Å². The number of aliphatic hydroxyl groups is 1. The van der Waals surface area contributed by atoms with Crippen molar-refractivity contribution in [1.82, 2.24) is 9.88 Å². The minimum atomic E-state index is -0.552. The zero-order valence-corrected chi connectivity index (χ0v) is 18.3. The number of amides is 1. The maximum atomic E-state index is 14.3. The molecule has 1 aromatic carbocycles. The zero-order chi connectivity index (χ0) is 22.2. The monoisotopic (exact) mass is 436 g/mol. The number of nitrogens with one attached hydrogen (secondary N) is 1. The molecule has 168 valence electrons. The van der Waals surface area contributed by atoms with Gasteiger partial charge in [-0.3, -0.25) is 9.59 Å². The molecule has 0 spiro atoms.